The minimum absolute atomic E-state index is 0.0327. The zero-order valence-electron chi connectivity index (χ0n) is 15.8. The van der Waals surface area contributed by atoms with Crippen LogP contribution in [0.2, 0.25) is 0 Å². The Morgan fingerprint density at radius 1 is 0.862 bits per heavy atom. The number of fused-ring (bicyclic) bond motifs is 1. The molecule has 0 aliphatic heterocycles. The van der Waals surface area contributed by atoms with E-state index in [1.807, 2.05) is 24.3 Å². The van der Waals surface area contributed by atoms with Crippen molar-refractivity contribution in [2.24, 2.45) is 0 Å². The molecule has 0 unspecified atom stereocenters. The molecule has 0 aliphatic rings. The van der Waals surface area contributed by atoms with Crippen molar-refractivity contribution in [3.8, 4) is 5.75 Å². The maximum absolute atomic E-state index is 13.0. The van der Waals surface area contributed by atoms with E-state index in [4.69, 9.17) is 9.15 Å². The molecule has 0 fully saturated rings. The van der Waals surface area contributed by atoms with E-state index in [1.165, 1.54) is 0 Å². The maximum atomic E-state index is 13.0. The molecule has 0 bridgehead atoms. The highest BCUT2D eigenvalue weighted by atomic mass is 16.5. The number of methoxy groups -OCH3 is 1. The summed E-state index contributed by atoms with van der Waals surface area (Å²) in [5.41, 5.74) is 2.20. The van der Waals surface area contributed by atoms with Crippen LogP contribution in [0.15, 0.2) is 83.3 Å². The van der Waals surface area contributed by atoms with Crippen molar-refractivity contribution in [2.75, 3.05) is 19.0 Å². The number of rotatable bonds is 7. The molecular weight excluding hydrogens is 366 g/mol. The Morgan fingerprint density at radius 3 is 2.28 bits per heavy atom. The van der Waals surface area contributed by atoms with Crippen LogP contribution in [-0.4, -0.2) is 25.2 Å². The largest absolute Gasteiger partial charge is 0.497 e. The van der Waals surface area contributed by atoms with E-state index in [1.54, 1.807) is 61.7 Å². The molecule has 1 aromatic heterocycles. The molecule has 0 radical (unpaired) electrons. The Hall–Kier alpha value is -3.86. The van der Waals surface area contributed by atoms with Gasteiger partial charge in [-0.3, -0.25) is 9.59 Å². The van der Waals surface area contributed by atoms with E-state index >= 15 is 0 Å². The Kier molecular flexibility index (Phi) is 5.12. The van der Waals surface area contributed by atoms with Gasteiger partial charge in [-0.15, -0.1) is 0 Å². The van der Waals surface area contributed by atoms with Gasteiger partial charge in [-0.1, -0.05) is 42.5 Å². The van der Waals surface area contributed by atoms with Gasteiger partial charge >= 0.3 is 0 Å². The van der Waals surface area contributed by atoms with Crippen LogP contribution in [0.1, 0.15) is 26.5 Å². The SMILES string of the molecule is COc1ccc(C(=O)CNc2c(C(=O)c3ccccc3)oc3ccccc23)cc1. The molecule has 0 saturated carbocycles. The molecule has 4 aromatic rings. The van der Waals surface area contributed by atoms with E-state index in [0.29, 0.717) is 28.1 Å². The van der Waals surface area contributed by atoms with E-state index in [-0.39, 0.29) is 23.9 Å². The molecule has 0 saturated heterocycles. The summed E-state index contributed by atoms with van der Waals surface area (Å²) in [6, 6.07) is 23.2. The van der Waals surface area contributed by atoms with Crippen molar-refractivity contribution in [3.05, 3.63) is 95.7 Å². The Labute approximate surface area is 167 Å². The highest BCUT2D eigenvalue weighted by Gasteiger charge is 2.22. The average Bonchev–Trinajstić information content (AvgIpc) is 3.16. The Morgan fingerprint density at radius 2 is 1.55 bits per heavy atom. The van der Waals surface area contributed by atoms with Crippen molar-refractivity contribution in [1.82, 2.24) is 0 Å². The van der Waals surface area contributed by atoms with Crippen LogP contribution in [-0.2, 0) is 0 Å². The lowest BCUT2D eigenvalue weighted by Gasteiger charge is -2.07. The zero-order chi connectivity index (χ0) is 20.2. The van der Waals surface area contributed by atoms with Gasteiger partial charge in [0.05, 0.1) is 19.3 Å². The first-order chi connectivity index (χ1) is 14.2. The topological polar surface area (TPSA) is 68.5 Å². The van der Waals surface area contributed by atoms with Crippen LogP contribution >= 0.6 is 0 Å². The summed E-state index contributed by atoms with van der Waals surface area (Å²) < 4.78 is 11.0. The molecule has 0 amide bonds. The molecule has 3 aromatic carbocycles. The molecule has 0 aliphatic carbocycles. The molecule has 0 spiro atoms. The minimum Gasteiger partial charge on any atom is -0.497 e. The van der Waals surface area contributed by atoms with Crippen molar-refractivity contribution < 1.29 is 18.7 Å². The van der Waals surface area contributed by atoms with Crippen molar-refractivity contribution in [1.29, 1.82) is 0 Å². The van der Waals surface area contributed by atoms with Crippen LogP contribution in [0.25, 0.3) is 11.0 Å². The van der Waals surface area contributed by atoms with Crippen LogP contribution < -0.4 is 10.1 Å². The second kappa shape index (κ2) is 8.02. The molecule has 144 valence electrons. The highest BCUT2D eigenvalue weighted by Crippen LogP contribution is 2.32. The fourth-order valence-corrected chi connectivity index (χ4v) is 3.15. The number of anilines is 1. The molecule has 5 nitrogen and oxygen atoms in total. The number of ether oxygens (including phenoxy) is 1. The van der Waals surface area contributed by atoms with Gasteiger partial charge in [-0.25, -0.2) is 0 Å². The third-order valence-electron chi connectivity index (χ3n) is 4.68. The molecule has 0 atom stereocenters. The quantitative estimate of drug-likeness (QED) is 0.455. The van der Waals surface area contributed by atoms with Crippen LogP contribution in [0, 0.1) is 0 Å². The summed E-state index contributed by atoms with van der Waals surface area (Å²) in [5, 5.41) is 3.88. The number of Topliss-reactive ketones (excluding diaryl/α,β-unsaturated/α-hetero) is 1. The first kappa shape index (κ1) is 18.5. The molecule has 5 heteroatoms. The summed E-state index contributed by atoms with van der Waals surface area (Å²) >= 11 is 0. The van der Waals surface area contributed by atoms with E-state index in [0.717, 1.165) is 5.39 Å². The van der Waals surface area contributed by atoms with Gasteiger partial charge in [0.25, 0.3) is 0 Å². The predicted molar refractivity (Wildman–Crippen MR) is 112 cm³/mol. The van der Waals surface area contributed by atoms with Crippen molar-refractivity contribution in [3.63, 3.8) is 0 Å². The predicted octanol–water partition coefficient (Wildman–Crippen LogP) is 4.97. The van der Waals surface area contributed by atoms with Gasteiger partial charge in [0, 0.05) is 16.5 Å². The zero-order valence-corrected chi connectivity index (χ0v) is 15.8. The summed E-state index contributed by atoms with van der Waals surface area (Å²) in [7, 11) is 1.58. The van der Waals surface area contributed by atoms with E-state index in [2.05, 4.69) is 5.32 Å². The van der Waals surface area contributed by atoms with Crippen LogP contribution in [0.5, 0.6) is 5.75 Å². The third kappa shape index (κ3) is 3.75. The van der Waals surface area contributed by atoms with E-state index < -0.39 is 0 Å². The van der Waals surface area contributed by atoms with Gasteiger partial charge in [0.1, 0.15) is 11.3 Å². The van der Waals surface area contributed by atoms with Crippen molar-refractivity contribution >= 4 is 28.2 Å². The number of ketones is 2. The van der Waals surface area contributed by atoms with Gasteiger partial charge < -0.3 is 14.5 Å². The van der Waals surface area contributed by atoms with Gasteiger partial charge in [0.2, 0.25) is 5.78 Å². The first-order valence-corrected chi connectivity index (χ1v) is 9.20. The monoisotopic (exact) mass is 385 g/mol. The Balaban J connectivity index is 1.63. The second-order valence-electron chi connectivity index (χ2n) is 6.50. The lowest BCUT2D eigenvalue weighted by Crippen LogP contribution is -2.15. The second-order valence-corrected chi connectivity index (χ2v) is 6.50. The summed E-state index contributed by atoms with van der Waals surface area (Å²) in [6.45, 7) is 0.0327. The summed E-state index contributed by atoms with van der Waals surface area (Å²) in [4.78, 5) is 25.6. The highest BCUT2D eigenvalue weighted by molar-refractivity contribution is 6.15. The number of carbonyl (C=O) groups excluding carboxylic acids is 2. The molecular formula is C24H19NO4. The number of benzene rings is 3. The number of hydrogen-bond acceptors (Lipinski definition) is 5. The normalized spacial score (nSPS) is 10.7. The number of para-hydroxylation sites is 1. The third-order valence-corrected chi connectivity index (χ3v) is 4.68. The first-order valence-electron chi connectivity index (χ1n) is 9.20. The number of furan rings is 1. The molecule has 1 heterocycles. The lowest BCUT2D eigenvalue weighted by atomic mass is 10.1. The number of carbonyl (C=O) groups is 2. The fraction of sp³-hybridized carbons (Fsp3) is 0.0833. The maximum Gasteiger partial charge on any atom is 0.230 e. The lowest BCUT2D eigenvalue weighted by molar-refractivity contribution is 0.0997. The van der Waals surface area contributed by atoms with Gasteiger partial charge in [-0.2, -0.15) is 0 Å². The molecule has 29 heavy (non-hydrogen) atoms. The van der Waals surface area contributed by atoms with Gasteiger partial charge in [0.15, 0.2) is 11.5 Å². The van der Waals surface area contributed by atoms with Crippen LogP contribution in [0.3, 0.4) is 0 Å². The summed E-state index contributed by atoms with van der Waals surface area (Å²) in [6.07, 6.45) is 0. The van der Waals surface area contributed by atoms with E-state index in [9.17, 15) is 9.59 Å². The Bertz CT molecular complexity index is 1160. The van der Waals surface area contributed by atoms with Crippen LogP contribution in [0.4, 0.5) is 5.69 Å². The number of nitrogens with one attached hydrogen (secondary N) is 1. The van der Waals surface area contributed by atoms with Crippen molar-refractivity contribution in [2.45, 2.75) is 0 Å². The fourth-order valence-electron chi connectivity index (χ4n) is 3.15. The minimum atomic E-state index is -0.235. The molecule has 4 rings (SSSR count). The van der Waals surface area contributed by atoms with Gasteiger partial charge in [-0.05, 0) is 36.4 Å². The summed E-state index contributed by atoms with van der Waals surface area (Å²) in [5.74, 6) is 0.545. The average molecular weight is 385 g/mol. The smallest absolute Gasteiger partial charge is 0.230 e. The molecule has 1 N–H and O–H groups in total. The number of hydrogen-bond donors (Lipinski definition) is 1. The standard InChI is InChI=1S/C24H19NO4/c1-28-18-13-11-16(12-14-18)20(26)15-25-22-19-9-5-6-10-21(19)29-24(22)23(27)17-7-3-2-4-8-17/h2-14,25H,15H2,1H3.